The molecular formula is C17H21NO2. The topological polar surface area (TPSA) is 42.3 Å². The molecular weight excluding hydrogens is 250 g/mol. The van der Waals surface area contributed by atoms with Crippen molar-refractivity contribution < 1.29 is 9.47 Å². The summed E-state index contributed by atoms with van der Waals surface area (Å²) in [6.45, 7) is 4.00. The van der Waals surface area contributed by atoms with Crippen LogP contribution >= 0.6 is 0 Å². The Bertz CT molecular complexity index is 480. The lowest BCUT2D eigenvalue weighted by molar-refractivity contribution is 0.414. The third-order valence-electron chi connectivity index (χ3n) is 2.76. The number of ether oxygens (including phenoxy) is 2. The first-order valence-electron chi connectivity index (χ1n) is 6.62. The maximum atomic E-state index is 8.14. The zero-order valence-corrected chi connectivity index (χ0v) is 12.4. The fraction of sp³-hybridized carbons (Fsp3) is 0.235. The molecule has 20 heavy (non-hydrogen) atoms. The minimum atomic E-state index is 0.486. The molecule has 0 aromatic heterocycles. The van der Waals surface area contributed by atoms with Gasteiger partial charge in [-0.1, -0.05) is 13.8 Å². The molecule has 3 heteroatoms. The second-order valence-electron chi connectivity index (χ2n) is 3.83. The molecule has 2 rings (SSSR count). The van der Waals surface area contributed by atoms with Crippen molar-refractivity contribution in [3.8, 4) is 11.5 Å². The third-order valence-corrected chi connectivity index (χ3v) is 2.76. The molecule has 0 saturated carbocycles. The van der Waals surface area contributed by atoms with Gasteiger partial charge in [-0.2, -0.15) is 0 Å². The Morgan fingerprint density at radius 1 is 0.700 bits per heavy atom. The van der Waals surface area contributed by atoms with Gasteiger partial charge in [0, 0.05) is 11.1 Å². The van der Waals surface area contributed by atoms with Gasteiger partial charge in [0.2, 0.25) is 0 Å². The van der Waals surface area contributed by atoms with Crippen molar-refractivity contribution in [1.29, 1.82) is 5.41 Å². The van der Waals surface area contributed by atoms with Gasteiger partial charge in [-0.05, 0) is 48.5 Å². The summed E-state index contributed by atoms with van der Waals surface area (Å²) in [7, 11) is 3.26. The largest absolute Gasteiger partial charge is 0.497 e. The lowest BCUT2D eigenvalue weighted by Gasteiger charge is -2.06. The van der Waals surface area contributed by atoms with E-state index in [1.54, 1.807) is 14.2 Å². The molecule has 3 nitrogen and oxygen atoms in total. The lowest BCUT2D eigenvalue weighted by Crippen LogP contribution is -2.01. The molecule has 0 amide bonds. The first-order valence-corrected chi connectivity index (χ1v) is 6.62. The summed E-state index contributed by atoms with van der Waals surface area (Å²) in [4.78, 5) is 0. The fourth-order valence-corrected chi connectivity index (χ4v) is 1.68. The molecule has 0 fully saturated rings. The number of nitrogens with one attached hydrogen (secondary N) is 1. The molecule has 0 aliphatic heterocycles. The van der Waals surface area contributed by atoms with Crippen molar-refractivity contribution in [2.75, 3.05) is 14.2 Å². The average Bonchev–Trinajstić information content (AvgIpc) is 2.56. The minimum absolute atomic E-state index is 0.486. The SMILES string of the molecule is CC.COc1ccc(C(=N)c2ccc(OC)cc2)cc1. The van der Waals surface area contributed by atoms with E-state index in [0.29, 0.717) is 5.71 Å². The molecule has 106 valence electrons. The van der Waals surface area contributed by atoms with Crippen molar-refractivity contribution >= 4 is 5.71 Å². The van der Waals surface area contributed by atoms with Crippen molar-refractivity contribution in [3.63, 3.8) is 0 Å². The molecule has 0 saturated heterocycles. The van der Waals surface area contributed by atoms with E-state index in [2.05, 4.69) is 0 Å². The maximum absolute atomic E-state index is 8.14. The van der Waals surface area contributed by atoms with Crippen LogP contribution in [0.1, 0.15) is 25.0 Å². The number of benzene rings is 2. The summed E-state index contributed by atoms with van der Waals surface area (Å²) in [5, 5.41) is 8.14. The van der Waals surface area contributed by atoms with Crippen LogP contribution in [0, 0.1) is 5.41 Å². The smallest absolute Gasteiger partial charge is 0.118 e. The Balaban J connectivity index is 0.000000956. The summed E-state index contributed by atoms with van der Waals surface area (Å²) in [5.74, 6) is 1.59. The zero-order chi connectivity index (χ0) is 15.0. The van der Waals surface area contributed by atoms with Crippen LogP contribution in [0.5, 0.6) is 11.5 Å². The van der Waals surface area contributed by atoms with Gasteiger partial charge < -0.3 is 9.47 Å². The lowest BCUT2D eigenvalue weighted by atomic mass is 10.0. The normalized spacial score (nSPS) is 9.20. The van der Waals surface area contributed by atoms with Crippen molar-refractivity contribution in [2.24, 2.45) is 0 Å². The summed E-state index contributed by atoms with van der Waals surface area (Å²) in [6.07, 6.45) is 0. The molecule has 0 aliphatic rings. The summed E-state index contributed by atoms with van der Waals surface area (Å²) < 4.78 is 10.2. The predicted octanol–water partition coefficient (Wildman–Crippen LogP) is 4.15. The molecule has 1 N–H and O–H groups in total. The van der Waals surface area contributed by atoms with E-state index in [-0.39, 0.29) is 0 Å². The second-order valence-corrected chi connectivity index (χ2v) is 3.83. The number of hydrogen-bond donors (Lipinski definition) is 1. The molecule has 2 aromatic rings. The Labute approximate surface area is 120 Å². The van der Waals surface area contributed by atoms with E-state index < -0.39 is 0 Å². The van der Waals surface area contributed by atoms with E-state index in [4.69, 9.17) is 14.9 Å². The molecule has 0 atom stereocenters. The van der Waals surface area contributed by atoms with Crippen LogP contribution in [0.3, 0.4) is 0 Å². The molecule has 0 bridgehead atoms. The van der Waals surface area contributed by atoms with E-state index >= 15 is 0 Å². The van der Waals surface area contributed by atoms with Crippen molar-refractivity contribution in [2.45, 2.75) is 13.8 Å². The van der Waals surface area contributed by atoms with Crippen LogP contribution in [-0.4, -0.2) is 19.9 Å². The van der Waals surface area contributed by atoms with Gasteiger partial charge in [-0.15, -0.1) is 0 Å². The zero-order valence-electron chi connectivity index (χ0n) is 12.4. The molecule has 0 spiro atoms. The number of rotatable bonds is 4. The summed E-state index contributed by atoms with van der Waals surface area (Å²) in [6, 6.07) is 14.9. The average molecular weight is 271 g/mol. The Kier molecular flexibility index (Phi) is 6.30. The molecule has 0 radical (unpaired) electrons. The molecule has 0 unspecified atom stereocenters. The van der Waals surface area contributed by atoms with Gasteiger partial charge in [-0.25, -0.2) is 0 Å². The Morgan fingerprint density at radius 2 is 1.00 bits per heavy atom. The van der Waals surface area contributed by atoms with Gasteiger partial charge in [0.25, 0.3) is 0 Å². The minimum Gasteiger partial charge on any atom is -0.497 e. The highest BCUT2D eigenvalue weighted by atomic mass is 16.5. The van der Waals surface area contributed by atoms with Crippen LogP contribution in [-0.2, 0) is 0 Å². The van der Waals surface area contributed by atoms with Gasteiger partial charge in [0.05, 0.1) is 19.9 Å². The van der Waals surface area contributed by atoms with Crippen LogP contribution in [0.4, 0.5) is 0 Å². The van der Waals surface area contributed by atoms with E-state index in [1.807, 2.05) is 62.4 Å². The standard InChI is InChI=1S/C15H15NO2.C2H6/c1-17-13-7-3-11(4-8-13)15(16)12-5-9-14(18-2)10-6-12;1-2/h3-10,16H,1-2H3;1-2H3. The van der Waals surface area contributed by atoms with Crippen molar-refractivity contribution in [3.05, 3.63) is 59.7 Å². The molecule has 2 aromatic carbocycles. The van der Waals surface area contributed by atoms with Crippen LogP contribution in [0.25, 0.3) is 0 Å². The monoisotopic (exact) mass is 271 g/mol. The van der Waals surface area contributed by atoms with Gasteiger partial charge in [0.1, 0.15) is 11.5 Å². The molecule has 0 aliphatic carbocycles. The van der Waals surface area contributed by atoms with Crippen LogP contribution in [0.2, 0.25) is 0 Å². The van der Waals surface area contributed by atoms with Gasteiger partial charge in [0.15, 0.2) is 0 Å². The highest BCUT2D eigenvalue weighted by molar-refractivity contribution is 6.10. The predicted molar refractivity (Wildman–Crippen MR) is 83.3 cm³/mol. The highest BCUT2D eigenvalue weighted by Gasteiger charge is 2.05. The highest BCUT2D eigenvalue weighted by Crippen LogP contribution is 2.17. The first kappa shape index (κ1) is 15.8. The van der Waals surface area contributed by atoms with E-state index in [0.717, 1.165) is 22.6 Å². The van der Waals surface area contributed by atoms with Gasteiger partial charge >= 0.3 is 0 Å². The van der Waals surface area contributed by atoms with E-state index in [1.165, 1.54) is 0 Å². The van der Waals surface area contributed by atoms with Crippen molar-refractivity contribution in [1.82, 2.24) is 0 Å². The Morgan fingerprint density at radius 3 is 1.25 bits per heavy atom. The van der Waals surface area contributed by atoms with E-state index in [9.17, 15) is 0 Å². The molecule has 0 heterocycles. The maximum Gasteiger partial charge on any atom is 0.118 e. The van der Waals surface area contributed by atoms with Crippen LogP contribution < -0.4 is 9.47 Å². The second kappa shape index (κ2) is 8.00. The summed E-state index contributed by atoms with van der Waals surface area (Å²) in [5.41, 5.74) is 2.21. The fourth-order valence-electron chi connectivity index (χ4n) is 1.68. The van der Waals surface area contributed by atoms with Crippen LogP contribution in [0.15, 0.2) is 48.5 Å². The first-order chi connectivity index (χ1) is 9.74. The Hall–Kier alpha value is -2.29. The number of hydrogen-bond acceptors (Lipinski definition) is 3. The quantitative estimate of drug-likeness (QED) is 0.849. The van der Waals surface area contributed by atoms with Gasteiger partial charge in [-0.3, -0.25) is 5.41 Å². The summed E-state index contributed by atoms with van der Waals surface area (Å²) >= 11 is 0. The third kappa shape index (κ3) is 3.85. The number of methoxy groups -OCH3 is 2.